The Hall–Kier alpha value is -2.63. The van der Waals surface area contributed by atoms with Crippen molar-refractivity contribution in [2.45, 2.75) is 54.7 Å². The molecule has 2 aromatic rings. The van der Waals surface area contributed by atoms with E-state index in [2.05, 4.69) is 10.3 Å². The number of rotatable bonds is 5. The van der Waals surface area contributed by atoms with Gasteiger partial charge in [0.15, 0.2) is 9.84 Å². The van der Waals surface area contributed by atoms with Gasteiger partial charge in [-0.05, 0) is 56.9 Å². The van der Waals surface area contributed by atoms with Crippen LogP contribution in [-0.2, 0) is 22.2 Å². The van der Waals surface area contributed by atoms with Crippen molar-refractivity contribution >= 4 is 15.7 Å². The van der Waals surface area contributed by atoms with Crippen molar-refractivity contribution in [2.75, 3.05) is 0 Å². The molecule has 1 amide bonds. The van der Waals surface area contributed by atoms with Gasteiger partial charge in [0.2, 0.25) is 0 Å². The largest absolute Gasteiger partial charge is 0.417 e. The molecule has 1 saturated carbocycles. The van der Waals surface area contributed by atoms with Crippen LogP contribution in [0.1, 0.15) is 48.2 Å². The van der Waals surface area contributed by atoms with Gasteiger partial charge in [-0.15, -0.1) is 0 Å². The molecule has 0 bridgehead atoms. The highest BCUT2D eigenvalue weighted by atomic mass is 32.2. The van der Waals surface area contributed by atoms with Crippen LogP contribution < -0.4 is 5.32 Å². The summed E-state index contributed by atoms with van der Waals surface area (Å²) in [6.45, 7) is 2.81. The van der Waals surface area contributed by atoms with Gasteiger partial charge in [-0.25, -0.2) is 8.42 Å². The van der Waals surface area contributed by atoms with Gasteiger partial charge in [-0.1, -0.05) is 6.07 Å². The fraction of sp³-hybridized carbons (Fsp3) is 0.429. The summed E-state index contributed by atoms with van der Waals surface area (Å²) in [5.74, 6) is -1.27. The maximum atomic E-state index is 13.1. The maximum Gasteiger partial charge on any atom is 0.417 e. The smallest absolute Gasteiger partial charge is 0.349 e. The van der Waals surface area contributed by atoms with E-state index in [0.717, 1.165) is 24.4 Å². The Balaban J connectivity index is 1.69. The molecule has 1 aromatic carbocycles. The summed E-state index contributed by atoms with van der Waals surface area (Å²) in [5, 5.41) is 2.54. The van der Waals surface area contributed by atoms with Crippen molar-refractivity contribution in [1.29, 1.82) is 0 Å². The van der Waals surface area contributed by atoms with Gasteiger partial charge in [0.05, 0.1) is 26.3 Å². The molecule has 0 aliphatic heterocycles. The average Bonchev–Trinajstić information content (AvgIpc) is 2.68. The number of pyridine rings is 1. The number of nitrogens with one attached hydrogen (secondary N) is 1. The topological polar surface area (TPSA) is 76.1 Å². The van der Waals surface area contributed by atoms with Crippen LogP contribution in [0.15, 0.2) is 47.6 Å². The third-order valence-electron chi connectivity index (χ3n) is 5.95. The maximum absolute atomic E-state index is 13.1. The number of hydrogen-bond donors (Lipinski definition) is 1. The number of hydrogen-bond acceptors (Lipinski definition) is 4. The van der Waals surface area contributed by atoms with Crippen LogP contribution >= 0.6 is 0 Å². The number of carbonyl (C=O) groups excluding carboxylic acids is 1. The van der Waals surface area contributed by atoms with Crippen LogP contribution in [0.25, 0.3) is 0 Å². The molecule has 1 aliphatic rings. The lowest BCUT2D eigenvalue weighted by molar-refractivity contribution is -0.138. The molecular formula is C21H20F6N2O3S. The predicted octanol–water partition coefficient (Wildman–Crippen LogP) is 4.88. The molecule has 33 heavy (non-hydrogen) atoms. The molecule has 1 aromatic heterocycles. The summed E-state index contributed by atoms with van der Waals surface area (Å²) in [4.78, 5) is 15.3. The van der Waals surface area contributed by atoms with Gasteiger partial charge in [0.1, 0.15) is 0 Å². The molecule has 0 atom stereocenters. The molecule has 1 fully saturated rings. The van der Waals surface area contributed by atoms with E-state index < -0.39 is 60.8 Å². The van der Waals surface area contributed by atoms with Crippen molar-refractivity contribution in [1.82, 2.24) is 10.3 Å². The van der Waals surface area contributed by atoms with Crippen molar-refractivity contribution in [3.63, 3.8) is 0 Å². The van der Waals surface area contributed by atoms with E-state index in [1.165, 1.54) is 13.8 Å². The first-order chi connectivity index (χ1) is 15.0. The van der Waals surface area contributed by atoms with Crippen LogP contribution in [0.4, 0.5) is 26.3 Å². The number of halogens is 6. The number of nitrogens with zero attached hydrogens (tertiary/aromatic N) is 1. The minimum absolute atomic E-state index is 0.198. The second-order valence-corrected chi connectivity index (χ2v) is 11.0. The molecule has 0 spiro atoms. The van der Waals surface area contributed by atoms with E-state index in [-0.39, 0.29) is 18.4 Å². The molecule has 5 nitrogen and oxygen atoms in total. The number of carbonyl (C=O) groups is 1. The van der Waals surface area contributed by atoms with Gasteiger partial charge in [-0.2, -0.15) is 26.3 Å². The zero-order valence-corrected chi connectivity index (χ0v) is 18.3. The van der Waals surface area contributed by atoms with Crippen LogP contribution in [0.3, 0.4) is 0 Å². The normalized spacial score (nSPS) is 19.6. The minimum Gasteiger partial charge on any atom is -0.349 e. The molecule has 0 saturated heterocycles. The fourth-order valence-electron chi connectivity index (χ4n) is 3.65. The second-order valence-electron chi connectivity index (χ2n) is 8.43. The first-order valence-electron chi connectivity index (χ1n) is 9.78. The van der Waals surface area contributed by atoms with Crippen LogP contribution in [0.2, 0.25) is 0 Å². The highest BCUT2D eigenvalue weighted by molar-refractivity contribution is 7.92. The summed E-state index contributed by atoms with van der Waals surface area (Å²) in [5.41, 5.74) is -2.44. The van der Waals surface area contributed by atoms with E-state index in [1.807, 2.05) is 0 Å². The molecule has 3 rings (SSSR count). The van der Waals surface area contributed by atoms with Crippen LogP contribution in [0, 0.1) is 5.92 Å². The average molecular weight is 494 g/mol. The molecule has 0 radical (unpaired) electrons. The Morgan fingerprint density at radius 3 is 2.15 bits per heavy atom. The van der Waals surface area contributed by atoms with Crippen LogP contribution in [-0.4, -0.2) is 30.1 Å². The molecule has 1 heterocycles. The number of aromatic nitrogens is 1. The lowest BCUT2D eigenvalue weighted by Gasteiger charge is -2.45. The number of amides is 1. The van der Waals surface area contributed by atoms with Crippen LogP contribution in [0.5, 0.6) is 0 Å². The first kappa shape index (κ1) is 25.0. The summed E-state index contributed by atoms with van der Waals surface area (Å²) in [7, 11) is -4.16. The van der Waals surface area contributed by atoms with Gasteiger partial charge in [0.25, 0.3) is 5.91 Å². The summed E-state index contributed by atoms with van der Waals surface area (Å²) < 4.78 is 102. The Morgan fingerprint density at radius 1 is 0.970 bits per heavy atom. The zero-order valence-electron chi connectivity index (χ0n) is 17.5. The molecule has 0 unspecified atom stereocenters. The van der Waals surface area contributed by atoms with Gasteiger partial charge < -0.3 is 5.32 Å². The van der Waals surface area contributed by atoms with Gasteiger partial charge in [-0.3, -0.25) is 9.78 Å². The monoisotopic (exact) mass is 494 g/mol. The number of benzene rings is 1. The van der Waals surface area contributed by atoms with Gasteiger partial charge in [0, 0.05) is 18.4 Å². The standard InChI is InChI=1S/C21H20F6N2O3S/c1-19(2,33(31,32)17-5-3-4-13(9-17)20(22,23)24)14-7-16(8-14)29-18(30)12-6-15(11-28-10-12)21(25,26)27/h3-6,9-11,14,16H,7-8H2,1-2H3,(H,29,30). The van der Waals surface area contributed by atoms with E-state index in [4.69, 9.17) is 0 Å². The molecular weight excluding hydrogens is 474 g/mol. The van der Waals surface area contributed by atoms with Crippen molar-refractivity contribution in [3.8, 4) is 0 Å². The molecule has 12 heteroatoms. The molecule has 180 valence electrons. The molecule has 1 aliphatic carbocycles. The minimum atomic E-state index is -4.69. The second kappa shape index (κ2) is 8.30. The lowest BCUT2D eigenvalue weighted by Crippen LogP contribution is -2.53. The highest BCUT2D eigenvalue weighted by Gasteiger charge is 2.49. The fourth-order valence-corrected chi connectivity index (χ4v) is 5.43. The Kier molecular flexibility index (Phi) is 6.29. The van der Waals surface area contributed by atoms with Crippen molar-refractivity contribution in [3.05, 3.63) is 59.4 Å². The zero-order chi connectivity index (χ0) is 24.8. The Labute approximate surface area is 186 Å². The summed E-state index contributed by atoms with van der Waals surface area (Å²) in [6.07, 6.45) is -7.38. The van der Waals surface area contributed by atoms with Gasteiger partial charge >= 0.3 is 12.4 Å². The van der Waals surface area contributed by atoms with E-state index in [1.54, 1.807) is 0 Å². The van der Waals surface area contributed by atoms with E-state index in [9.17, 15) is 39.6 Å². The summed E-state index contributed by atoms with van der Waals surface area (Å²) in [6, 6.07) is 3.68. The van der Waals surface area contributed by atoms with E-state index in [0.29, 0.717) is 18.3 Å². The first-order valence-corrected chi connectivity index (χ1v) is 11.3. The highest BCUT2D eigenvalue weighted by Crippen LogP contribution is 2.44. The Morgan fingerprint density at radius 2 is 1.58 bits per heavy atom. The SMILES string of the molecule is CC(C)(C1CC(NC(=O)c2cncc(C(F)(F)F)c2)C1)S(=O)(=O)c1cccc(C(F)(F)F)c1. The summed E-state index contributed by atoms with van der Waals surface area (Å²) >= 11 is 0. The third kappa shape index (κ3) is 4.99. The van der Waals surface area contributed by atoms with Crippen molar-refractivity contribution < 1.29 is 39.6 Å². The Bertz CT molecular complexity index is 1150. The predicted molar refractivity (Wildman–Crippen MR) is 106 cm³/mol. The lowest BCUT2D eigenvalue weighted by atomic mass is 9.73. The molecule has 1 N–H and O–H groups in total. The van der Waals surface area contributed by atoms with Crippen molar-refractivity contribution in [2.24, 2.45) is 5.92 Å². The van der Waals surface area contributed by atoms with E-state index >= 15 is 0 Å². The number of sulfone groups is 1. The quantitative estimate of drug-likeness (QED) is 0.602. The number of alkyl halides is 6. The third-order valence-corrected chi connectivity index (χ3v) is 8.54.